The number of pyridine rings is 1. The topological polar surface area (TPSA) is 83.0 Å². The summed E-state index contributed by atoms with van der Waals surface area (Å²) in [5, 5.41) is 21.5. The molecule has 0 fully saturated rings. The Bertz CT molecular complexity index is 784. The van der Waals surface area contributed by atoms with Gasteiger partial charge in [-0.05, 0) is 24.3 Å². The van der Waals surface area contributed by atoms with Crippen LogP contribution in [0, 0.1) is 5.41 Å². The van der Waals surface area contributed by atoms with Gasteiger partial charge in [-0.1, -0.05) is 6.07 Å². The molecule has 6 nitrogen and oxygen atoms in total. The van der Waals surface area contributed by atoms with Gasteiger partial charge in [0.2, 0.25) is 0 Å². The van der Waals surface area contributed by atoms with Gasteiger partial charge >= 0.3 is 0 Å². The largest absolute Gasteiger partial charge is 0.506 e. The smallest absolute Gasteiger partial charge is 0.259 e. The fourth-order valence-corrected chi connectivity index (χ4v) is 1.95. The number of fused-ring (bicyclic) bond motifs is 1. The highest BCUT2D eigenvalue weighted by atomic mass is 16.5. The number of nitrogens with zero attached hydrogens (tertiary/aromatic N) is 3. The lowest BCUT2D eigenvalue weighted by molar-refractivity contribution is 0.396. The van der Waals surface area contributed by atoms with Gasteiger partial charge in [0, 0.05) is 12.3 Å². The minimum atomic E-state index is -0.0464. The first-order valence-electron chi connectivity index (χ1n) is 5.97. The van der Waals surface area contributed by atoms with Crippen molar-refractivity contribution in [1.29, 1.82) is 5.41 Å². The number of allylic oxidation sites excluding steroid dienone is 3. The van der Waals surface area contributed by atoms with Crippen LogP contribution < -0.4 is 4.74 Å². The van der Waals surface area contributed by atoms with E-state index in [1.54, 1.807) is 22.9 Å². The Labute approximate surface area is 114 Å². The van der Waals surface area contributed by atoms with E-state index in [0.29, 0.717) is 17.3 Å². The number of nitrogens with one attached hydrogen (secondary N) is 1. The molecule has 3 rings (SSSR count). The average molecular weight is 268 g/mol. The van der Waals surface area contributed by atoms with E-state index in [2.05, 4.69) is 10.1 Å². The van der Waals surface area contributed by atoms with E-state index in [9.17, 15) is 5.11 Å². The monoisotopic (exact) mass is 268 g/mol. The number of ether oxygens (including phenoxy) is 1. The predicted octanol–water partition coefficient (Wildman–Crippen LogP) is 2.45. The molecule has 1 aliphatic rings. The van der Waals surface area contributed by atoms with E-state index in [-0.39, 0.29) is 11.5 Å². The van der Waals surface area contributed by atoms with Gasteiger partial charge in [0.25, 0.3) is 5.88 Å². The van der Waals surface area contributed by atoms with Crippen LogP contribution in [0.3, 0.4) is 0 Å². The molecule has 0 unspecified atom stereocenters. The molecule has 100 valence electrons. The third-order valence-corrected chi connectivity index (χ3v) is 2.88. The average Bonchev–Trinajstić information content (AvgIpc) is 2.80. The third kappa shape index (κ3) is 1.97. The number of aliphatic hydroxyl groups is 1. The van der Waals surface area contributed by atoms with Crippen LogP contribution in [-0.2, 0) is 0 Å². The first-order valence-corrected chi connectivity index (χ1v) is 5.97. The Morgan fingerprint density at radius 2 is 2.20 bits per heavy atom. The van der Waals surface area contributed by atoms with Gasteiger partial charge < -0.3 is 15.3 Å². The Balaban J connectivity index is 2.17. The molecule has 2 heterocycles. The summed E-state index contributed by atoms with van der Waals surface area (Å²) in [6.45, 7) is 0. The number of aliphatic hydroxyl groups excluding tert-OH is 1. The summed E-state index contributed by atoms with van der Waals surface area (Å²) in [6, 6.07) is 5.60. The zero-order chi connectivity index (χ0) is 14.1. The highest BCUT2D eigenvalue weighted by molar-refractivity contribution is 6.20. The summed E-state index contributed by atoms with van der Waals surface area (Å²) >= 11 is 0. The van der Waals surface area contributed by atoms with Crippen molar-refractivity contribution in [2.75, 3.05) is 7.11 Å². The van der Waals surface area contributed by atoms with Gasteiger partial charge in [-0.3, -0.25) is 0 Å². The predicted molar refractivity (Wildman–Crippen MR) is 76.4 cm³/mol. The van der Waals surface area contributed by atoms with E-state index in [1.165, 1.54) is 13.2 Å². The molecule has 2 aromatic heterocycles. The quantitative estimate of drug-likeness (QED) is 0.820. The second-order valence-electron chi connectivity index (χ2n) is 4.20. The maximum atomic E-state index is 9.84. The summed E-state index contributed by atoms with van der Waals surface area (Å²) in [5.74, 6) is 0.334. The molecule has 1 aliphatic carbocycles. The maximum absolute atomic E-state index is 9.84. The van der Waals surface area contributed by atoms with Gasteiger partial charge in [-0.25, -0.2) is 9.51 Å². The van der Waals surface area contributed by atoms with Crippen LogP contribution in [-0.4, -0.2) is 33.3 Å². The van der Waals surface area contributed by atoms with Crippen LogP contribution >= 0.6 is 0 Å². The van der Waals surface area contributed by atoms with Crippen LogP contribution in [0.2, 0.25) is 0 Å². The van der Waals surface area contributed by atoms with Crippen LogP contribution in [0.15, 0.2) is 53.4 Å². The lowest BCUT2D eigenvalue weighted by atomic mass is 10.1. The van der Waals surface area contributed by atoms with E-state index >= 15 is 0 Å². The van der Waals surface area contributed by atoms with Crippen molar-refractivity contribution in [3.05, 3.63) is 48.4 Å². The molecule has 0 aliphatic heterocycles. The minimum Gasteiger partial charge on any atom is -0.506 e. The molecule has 0 saturated heterocycles. The second-order valence-corrected chi connectivity index (χ2v) is 4.20. The molecule has 0 bridgehead atoms. The number of aliphatic imine (C=N–C) groups is 1. The van der Waals surface area contributed by atoms with Crippen LogP contribution in [0.25, 0.3) is 5.52 Å². The summed E-state index contributed by atoms with van der Waals surface area (Å²) in [4.78, 5) is 4.40. The molecule has 2 aromatic rings. The Morgan fingerprint density at radius 3 is 2.95 bits per heavy atom. The van der Waals surface area contributed by atoms with Gasteiger partial charge in [-0.2, -0.15) is 0 Å². The zero-order valence-electron chi connectivity index (χ0n) is 10.7. The lowest BCUT2D eigenvalue weighted by Crippen LogP contribution is -2.06. The fourth-order valence-electron chi connectivity index (χ4n) is 1.95. The summed E-state index contributed by atoms with van der Waals surface area (Å²) in [5.41, 5.74) is 1.92. The molecule has 0 atom stereocenters. The van der Waals surface area contributed by atoms with Crippen LogP contribution in [0.4, 0.5) is 5.69 Å². The molecular formula is C14H12N4O2. The van der Waals surface area contributed by atoms with Crippen molar-refractivity contribution >= 4 is 22.6 Å². The lowest BCUT2D eigenvalue weighted by Gasteiger charge is -2.05. The third-order valence-electron chi connectivity index (χ3n) is 2.88. The van der Waals surface area contributed by atoms with Crippen LogP contribution in [0.5, 0.6) is 5.88 Å². The molecule has 20 heavy (non-hydrogen) atoms. The maximum Gasteiger partial charge on any atom is 0.259 e. The number of hydrogen-bond acceptors (Lipinski definition) is 5. The Morgan fingerprint density at radius 1 is 1.35 bits per heavy atom. The number of methoxy groups -OCH3 is 1. The molecule has 0 aromatic carbocycles. The molecule has 6 heteroatoms. The SMILES string of the molecule is COc1nn2ccccc2c1/N=C1\C=CC(=N)C=C1O. The van der Waals surface area contributed by atoms with Gasteiger partial charge in [-0.15, -0.1) is 5.10 Å². The molecule has 0 radical (unpaired) electrons. The highest BCUT2D eigenvalue weighted by Crippen LogP contribution is 2.32. The molecule has 0 spiro atoms. The summed E-state index contributed by atoms with van der Waals surface area (Å²) < 4.78 is 6.88. The van der Waals surface area contributed by atoms with Crippen molar-refractivity contribution in [3.8, 4) is 5.88 Å². The first-order chi connectivity index (χ1) is 9.69. The van der Waals surface area contributed by atoms with Gasteiger partial charge in [0.1, 0.15) is 11.5 Å². The van der Waals surface area contributed by atoms with E-state index in [4.69, 9.17) is 10.1 Å². The first kappa shape index (κ1) is 12.2. The normalized spacial score (nSPS) is 16.8. The number of hydrogen-bond donors (Lipinski definition) is 2. The van der Waals surface area contributed by atoms with Crippen molar-refractivity contribution in [3.63, 3.8) is 0 Å². The Hall–Kier alpha value is -2.89. The summed E-state index contributed by atoms with van der Waals surface area (Å²) in [6.07, 6.45) is 6.29. The van der Waals surface area contributed by atoms with Crippen molar-refractivity contribution in [2.45, 2.75) is 0 Å². The minimum absolute atomic E-state index is 0.0464. The molecule has 0 saturated carbocycles. The summed E-state index contributed by atoms with van der Waals surface area (Å²) in [7, 11) is 1.52. The van der Waals surface area contributed by atoms with E-state index in [1.807, 2.05) is 18.2 Å². The standard InChI is InChI=1S/C14H12N4O2/c1-20-14-13(11-4-2-3-7-18(11)17-14)16-10-6-5-9(15)8-12(10)19/h2-8,15,19H,1H3/b15-9?,16-10+. The second kappa shape index (κ2) is 4.65. The fraction of sp³-hybridized carbons (Fsp3) is 0.0714. The molecule has 2 N–H and O–H groups in total. The number of aromatic nitrogens is 2. The van der Waals surface area contributed by atoms with Crippen LogP contribution in [0.1, 0.15) is 0 Å². The highest BCUT2D eigenvalue weighted by Gasteiger charge is 2.15. The van der Waals surface area contributed by atoms with Crippen molar-refractivity contribution in [1.82, 2.24) is 9.61 Å². The van der Waals surface area contributed by atoms with Crippen molar-refractivity contribution < 1.29 is 9.84 Å². The Kier molecular flexibility index (Phi) is 2.83. The van der Waals surface area contributed by atoms with E-state index < -0.39 is 0 Å². The number of rotatable bonds is 2. The van der Waals surface area contributed by atoms with Gasteiger partial charge in [0.05, 0.1) is 18.3 Å². The zero-order valence-corrected chi connectivity index (χ0v) is 10.7. The van der Waals surface area contributed by atoms with Gasteiger partial charge in [0.15, 0.2) is 5.69 Å². The molecular weight excluding hydrogens is 256 g/mol. The van der Waals surface area contributed by atoms with E-state index in [0.717, 1.165) is 5.52 Å². The molecule has 0 amide bonds. The van der Waals surface area contributed by atoms with Crippen molar-refractivity contribution in [2.24, 2.45) is 4.99 Å².